The van der Waals surface area contributed by atoms with Gasteiger partial charge in [0.05, 0.1) is 22.5 Å². The molecular formula is C34H34Br2N8O4. The number of nitrogens with one attached hydrogen (secondary N) is 3. The van der Waals surface area contributed by atoms with E-state index in [1.807, 2.05) is 77.7 Å². The zero-order valence-corrected chi connectivity index (χ0v) is 28.7. The van der Waals surface area contributed by atoms with Crippen molar-refractivity contribution in [1.82, 2.24) is 35.0 Å². The van der Waals surface area contributed by atoms with Gasteiger partial charge >= 0.3 is 6.09 Å². The summed E-state index contributed by atoms with van der Waals surface area (Å²) in [6.07, 6.45) is 6.64. The molecule has 0 aliphatic carbocycles. The van der Waals surface area contributed by atoms with Gasteiger partial charge in [0.15, 0.2) is 0 Å². The van der Waals surface area contributed by atoms with Gasteiger partial charge in [-0.25, -0.2) is 26.0 Å². The van der Waals surface area contributed by atoms with Gasteiger partial charge in [-0.2, -0.15) is 0 Å². The molecular weight excluding hydrogens is 744 g/mol. The third kappa shape index (κ3) is 8.64. The molecule has 3 amide bonds. The second kappa shape index (κ2) is 15.2. The SMILES string of the molecule is C.CC(C)(C)OC(=O)NNC(=O)c1cccn2cc(-c3ccc(Br)cc3)nc12.NNC(=O)c1cccn2cc(-c3ccc(Br)cc3)nc12. The maximum atomic E-state index is 12.5. The van der Waals surface area contributed by atoms with Crippen LogP contribution in [0.3, 0.4) is 0 Å². The molecule has 0 unspecified atom stereocenters. The van der Waals surface area contributed by atoms with Gasteiger partial charge in [-0.1, -0.05) is 63.6 Å². The van der Waals surface area contributed by atoms with Crippen LogP contribution in [0.1, 0.15) is 48.9 Å². The zero-order valence-electron chi connectivity index (χ0n) is 25.5. The van der Waals surface area contributed by atoms with E-state index in [4.69, 9.17) is 10.6 Å². The van der Waals surface area contributed by atoms with Crippen molar-refractivity contribution in [2.45, 2.75) is 33.8 Å². The van der Waals surface area contributed by atoms with Crippen LogP contribution in [0.15, 0.2) is 107 Å². The number of fused-ring (bicyclic) bond motifs is 2. The first kappa shape index (κ1) is 35.8. The quantitative estimate of drug-likeness (QED) is 0.0859. The number of aromatic nitrogens is 4. The lowest BCUT2D eigenvalue weighted by Crippen LogP contribution is -2.44. The van der Waals surface area contributed by atoms with E-state index >= 15 is 0 Å². The third-order valence-corrected chi connectivity index (χ3v) is 7.60. The summed E-state index contributed by atoms with van der Waals surface area (Å²) in [4.78, 5) is 45.0. The Bertz CT molecular complexity index is 2070. The summed E-state index contributed by atoms with van der Waals surface area (Å²) in [6, 6.07) is 22.4. The van der Waals surface area contributed by atoms with Crippen molar-refractivity contribution in [3.8, 4) is 22.5 Å². The Kier molecular flexibility index (Phi) is 11.4. The van der Waals surface area contributed by atoms with Crippen molar-refractivity contribution >= 4 is 61.1 Å². The van der Waals surface area contributed by atoms with Gasteiger partial charge in [0, 0.05) is 44.9 Å². The van der Waals surface area contributed by atoms with Crippen LogP contribution in [-0.2, 0) is 4.74 Å². The molecule has 4 aromatic heterocycles. The number of hydrogen-bond donors (Lipinski definition) is 4. The molecule has 248 valence electrons. The van der Waals surface area contributed by atoms with E-state index < -0.39 is 17.6 Å². The largest absolute Gasteiger partial charge is 0.443 e. The van der Waals surface area contributed by atoms with Crippen molar-refractivity contribution in [2.24, 2.45) is 5.84 Å². The fourth-order valence-corrected chi connectivity index (χ4v) is 4.99. The molecule has 2 aromatic carbocycles. The minimum absolute atomic E-state index is 0. The molecule has 12 nitrogen and oxygen atoms in total. The van der Waals surface area contributed by atoms with E-state index in [9.17, 15) is 14.4 Å². The number of nitrogen functional groups attached to an aromatic ring is 1. The predicted molar refractivity (Wildman–Crippen MR) is 192 cm³/mol. The lowest BCUT2D eigenvalue weighted by atomic mass is 10.2. The molecule has 0 fully saturated rings. The third-order valence-electron chi connectivity index (χ3n) is 6.54. The van der Waals surface area contributed by atoms with Crippen molar-refractivity contribution < 1.29 is 19.1 Å². The highest BCUT2D eigenvalue weighted by Gasteiger charge is 2.19. The highest BCUT2D eigenvalue weighted by Crippen LogP contribution is 2.24. The number of carbonyl (C=O) groups is 3. The second-order valence-electron chi connectivity index (χ2n) is 11.1. The summed E-state index contributed by atoms with van der Waals surface area (Å²) in [5.41, 5.74) is 11.4. The Labute approximate surface area is 293 Å². The Hall–Kier alpha value is -5.05. The van der Waals surface area contributed by atoms with E-state index in [0.29, 0.717) is 22.4 Å². The molecule has 5 N–H and O–H groups in total. The van der Waals surface area contributed by atoms with Crippen molar-refractivity contribution in [3.63, 3.8) is 0 Å². The minimum Gasteiger partial charge on any atom is -0.443 e. The number of halogens is 2. The number of ether oxygens (including phenoxy) is 1. The first-order valence-corrected chi connectivity index (χ1v) is 15.8. The molecule has 6 aromatic rings. The number of hydrogen-bond acceptors (Lipinski definition) is 7. The molecule has 4 heterocycles. The van der Waals surface area contributed by atoms with Crippen LogP contribution in [0.2, 0.25) is 0 Å². The average molecular weight is 779 g/mol. The molecule has 48 heavy (non-hydrogen) atoms. The van der Waals surface area contributed by atoms with Crippen molar-refractivity contribution in [2.75, 3.05) is 0 Å². The van der Waals surface area contributed by atoms with E-state index in [1.165, 1.54) is 0 Å². The molecule has 0 bridgehead atoms. The van der Waals surface area contributed by atoms with E-state index in [2.05, 4.69) is 58.1 Å². The smallest absolute Gasteiger partial charge is 0.426 e. The van der Waals surface area contributed by atoms with Crippen LogP contribution >= 0.6 is 31.9 Å². The number of rotatable bonds is 4. The summed E-state index contributed by atoms with van der Waals surface area (Å²) < 4.78 is 10.6. The van der Waals surface area contributed by atoms with Crippen LogP contribution in [0.5, 0.6) is 0 Å². The molecule has 0 aliphatic rings. The Morgan fingerprint density at radius 2 is 1.15 bits per heavy atom. The van der Waals surface area contributed by atoms with Crippen LogP contribution in [-0.4, -0.2) is 42.3 Å². The summed E-state index contributed by atoms with van der Waals surface area (Å²) in [5.74, 6) is 4.34. The number of imidazole rings is 2. The normalized spacial score (nSPS) is 10.8. The average Bonchev–Trinajstić information content (AvgIpc) is 3.68. The predicted octanol–water partition coefficient (Wildman–Crippen LogP) is 6.94. The number of hydrazine groups is 2. The molecule has 6 rings (SSSR count). The van der Waals surface area contributed by atoms with Gasteiger partial charge in [-0.05, 0) is 69.3 Å². The van der Waals surface area contributed by atoms with Gasteiger partial charge in [-0.3, -0.25) is 20.4 Å². The number of pyridine rings is 2. The number of benzene rings is 2. The lowest BCUT2D eigenvalue weighted by Gasteiger charge is -2.19. The Morgan fingerprint density at radius 1 is 0.708 bits per heavy atom. The van der Waals surface area contributed by atoms with Gasteiger partial charge in [0.25, 0.3) is 11.8 Å². The van der Waals surface area contributed by atoms with Crippen LogP contribution < -0.4 is 22.1 Å². The molecule has 14 heteroatoms. The standard InChI is InChI=1S/C19H19BrN4O3.C14H11BrN4O.CH4/c1-19(2,3)27-18(26)23-22-17(25)14-5-4-10-24-11-15(21-16(14)24)12-6-8-13(20)9-7-12;15-10-5-3-9(4-6-10)12-8-19-7-1-2-11(13(19)17-12)14(20)18-16;/h4-11H,1-3H3,(H,22,25)(H,23,26);1-8H,16H2,(H,18,20);1H4. The molecule has 0 aliphatic heterocycles. The zero-order chi connectivity index (χ0) is 33.7. The van der Waals surface area contributed by atoms with Crippen molar-refractivity contribution in [1.29, 1.82) is 0 Å². The van der Waals surface area contributed by atoms with Crippen LogP contribution in [0, 0.1) is 0 Å². The second-order valence-corrected chi connectivity index (χ2v) is 13.0. The van der Waals surface area contributed by atoms with Crippen LogP contribution in [0.25, 0.3) is 33.8 Å². The number of amides is 3. The maximum Gasteiger partial charge on any atom is 0.426 e. The fourth-order valence-electron chi connectivity index (χ4n) is 4.46. The number of nitrogens with zero attached hydrogens (tertiary/aromatic N) is 4. The van der Waals surface area contributed by atoms with E-state index in [-0.39, 0.29) is 13.3 Å². The number of carbonyl (C=O) groups excluding carboxylic acids is 3. The Morgan fingerprint density at radius 3 is 1.56 bits per heavy atom. The monoisotopic (exact) mass is 776 g/mol. The number of nitrogens with two attached hydrogens (primary N) is 1. The van der Waals surface area contributed by atoms with Gasteiger partial charge in [0.2, 0.25) is 0 Å². The maximum absolute atomic E-state index is 12.5. The van der Waals surface area contributed by atoms with Gasteiger partial charge in [-0.15, -0.1) is 0 Å². The minimum atomic E-state index is -0.735. The van der Waals surface area contributed by atoms with E-state index in [1.54, 1.807) is 49.4 Å². The molecule has 0 atom stereocenters. The first-order valence-electron chi connectivity index (χ1n) is 14.2. The lowest BCUT2D eigenvalue weighted by molar-refractivity contribution is 0.0483. The first-order chi connectivity index (χ1) is 22.4. The summed E-state index contributed by atoms with van der Waals surface area (Å²) in [7, 11) is 0. The van der Waals surface area contributed by atoms with Gasteiger partial charge < -0.3 is 13.5 Å². The summed E-state index contributed by atoms with van der Waals surface area (Å²) in [6.45, 7) is 5.22. The topological polar surface area (TPSA) is 157 Å². The molecule has 0 saturated heterocycles. The highest BCUT2D eigenvalue weighted by molar-refractivity contribution is 9.10. The highest BCUT2D eigenvalue weighted by atomic mass is 79.9. The van der Waals surface area contributed by atoms with Crippen molar-refractivity contribution in [3.05, 3.63) is 118 Å². The van der Waals surface area contributed by atoms with Crippen LogP contribution in [0.4, 0.5) is 4.79 Å². The summed E-state index contributed by atoms with van der Waals surface area (Å²) in [5, 5.41) is 0. The Balaban J connectivity index is 0.000000221. The van der Waals surface area contributed by atoms with E-state index in [0.717, 1.165) is 31.5 Å². The van der Waals surface area contributed by atoms with Gasteiger partial charge in [0.1, 0.15) is 16.9 Å². The molecule has 0 spiro atoms. The molecule has 0 saturated carbocycles. The molecule has 0 radical (unpaired) electrons. The fraction of sp³-hybridized carbons (Fsp3) is 0.147. The summed E-state index contributed by atoms with van der Waals surface area (Å²) >= 11 is 6.81.